The summed E-state index contributed by atoms with van der Waals surface area (Å²) in [5.41, 5.74) is 0.497. The minimum atomic E-state index is -3.57. The predicted octanol–water partition coefficient (Wildman–Crippen LogP) is 1.25. The minimum absolute atomic E-state index is 0.0377. The molecule has 1 aliphatic heterocycles. The average molecular weight is 333 g/mol. The molecular weight excluding hydrogens is 314 g/mol. The first-order valence-electron chi connectivity index (χ1n) is 6.70. The van der Waals surface area contributed by atoms with Gasteiger partial charge in [0.25, 0.3) is 0 Å². The van der Waals surface area contributed by atoms with Gasteiger partial charge in [0.05, 0.1) is 19.2 Å². The lowest BCUT2D eigenvalue weighted by Crippen LogP contribution is -2.41. The highest BCUT2D eigenvalue weighted by Gasteiger charge is 2.27. The van der Waals surface area contributed by atoms with Crippen LogP contribution in [-0.2, 0) is 26.2 Å². The third-order valence-electron chi connectivity index (χ3n) is 3.40. The molecule has 1 saturated heterocycles. The van der Waals surface area contributed by atoms with Gasteiger partial charge in [-0.15, -0.1) is 11.3 Å². The summed E-state index contributed by atoms with van der Waals surface area (Å²) in [5, 5.41) is 1.92. The molecule has 118 valence electrons. The zero-order valence-electron chi connectivity index (χ0n) is 12.0. The van der Waals surface area contributed by atoms with Crippen molar-refractivity contribution in [2.45, 2.75) is 26.2 Å². The number of methoxy groups -OCH3 is 1. The summed E-state index contributed by atoms with van der Waals surface area (Å²) in [7, 11) is -2.26. The van der Waals surface area contributed by atoms with Crippen molar-refractivity contribution in [3.8, 4) is 0 Å². The van der Waals surface area contributed by atoms with Gasteiger partial charge in [-0.1, -0.05) is 6.92 Å². The molecule has 0 unspecified atom stereocenters. The van der Waals surface area contributed by atoms with Crippen molar-refractivity contribution in [3.05, 3.63) is 11.1 Å². The van der Waals surface area contributed by atoms with E-state index in [0.29, 0.717) is 24.7 Å². The van der Waals surface area contributed by atoms with E-state index in [1.165, 1.54) is 11.4 Å². The van der Waals surface area contributed by atoms with Crippen molar-refractivity contribution in [2.75, 3.05) is 24.9 Å². The molecule has 2 heterocycles. The van der Waals surface area contributed by atoms with Gasteiger partial charge in [0.2, 0.25) is 0 Å². The number of rotatable bonds is 5. The number of nitrogens with zero attached hydrogens (tertiary/aromatic N) is 2. The molecule has 0 amide bonds. The maximum Gasteiger partial charge on any atom is 0.311 e. The molecule has 1 aliphatic rings. The smallest absolute Gasteiger partial charge is 0.311 e. The van der Waals surface area contributed by atoms with Crippen LogP contribution in [0.5, 0.6) is 0 Å². The van der Waals surface area contributed by atoms with Gasteiger partial charge in [0, 0.05) is 18.5 Å². The fourth-order valence-electron chi connectivity index (χ4n) is 2.06. The summed E-state index contributed by atoms with van der Waals surface area (Å²) in [4.78, 5) is 15.2. The third-order valence-corrected chi connectivity index (χ3v) is 5.84. The summed E-state index contributed by atoms with van der Waals surface area (Å²) < 4.78 is 32.9. The second-order valence-corrected chi connectivity index (χ2v) is 7.61. The number of hydrogen-bond acceptors (Lipinski definition) is 6. The average Bonchev–Trinajstić information content (AvgIpc) is 2.85. The van der Waals surface area contributed by atoms with Crippen LogP contribution in [0.15, 0.2) is 5.38 Å². The second-order valence-electron chi connectivity index (χ2n) is 5.09. The highest BCUT2D eigenvalue weighted by Crippen LogP contribution is 2.22. The van der Waals surface area contributed by atoms with Gasteiger partial charge in [-0.05, 0) is 18.8 Å². The van der Waals surface area contributed by atoms with E-state index in [2.05, 4.69) is 21.4 Å². The number of thiazole rings is 1. The van der Waals surface area contributed by atoms with E-state index in [4.69, 9.17) is 0 Å². The Balaban J connectivity index is 1.98. The van der Waals surface area contributed by atoms with E-state index in [0.717, 1.165) is 24.2 Å². The SMILES string of the molecule is COC(=O)Cc1csc(NS(=O)(=O)N2CCC(C)CC2)n1. The van der Waals surface area contributed by atoms with Crippen LogP contribution in [0.4, 0.5) is 5.13 Å². The first-order chi connectivity index (χ1) is 9.90. The maximum absolute atomic E-state index is 12.2. The van der Waals surface area contributed by atoms with Crippen LogP contribution in [0.25, 0.3) is 0 Å². The molecule has 0 aromatic carbocycles. The highest BCUT2D eigenvalue weighted by atomic mass is 32.2. The van der Waals surface area contributed by atoms with Crippen LogP contribution < -0.4 is 4.72 Å². The van der Waals surface area contributed by atoms with Gasteiger partial charge >= 0.3 is 16.2 Å². The number of esters is 1. The molecule has 0 saturated carbocycles. The minimum Gasteiger partial charge on any atom is -0.469 e. The molecule has 7 nitrogen and oxygen atoms in total. The van der Waals surface area contributed by atoms with E-state index < -0.39 is 16.2 Å². The van der Waals surface area contributed by atoms with Gasteiger partial charge in [0.15, 0.2) is 5.13 Å². The van der Waals surface area contributed by atoms with Gasteiger partial charge in [-0.2, -0.15) is 12.7 Å². The van der Waals surface area contributed by atoms with Crippen molar-refractivity contribution in [3.63, 3.8) is 0 Å². The first kappa shape index (κ1) is 16.2. The van der Waals surface area contributed by atoms with Crippen LogP contribution in [0.1, 0.15) is 25.5 Å². The number of piperidine rings is 1. The molecule has 1 aromatic heterocycles. The standard InChI is InChI=1S/C12H19N3O4S2/c1-9-3-5-15(6-4-9)21(17,18)14-12-13-10(8-20-12)7-11(16)19-2/h8-9H,3-7H2,1-2H3,(H,13,14). The largest absolute Gasteiger partial charge is 0.469 e. The molecule has 0 radical (unpaired) electrons. The quantitative estimate of drug-likeness (QED) is 0.819. The Kier molecular flexibility index (Phi) is 5.17. The van der Waals surface area contributed by atoms with Gasteiger partial charge in [0.1, 0.15) is 0 Å². The number of carbonyl (C=O) groups excluding carboxylic acids is 1. The molecule has 0 atom stereocenters. The topological polar surface area (TPSA) is 88.6 Å². The van der Waals surface area contributed by atoms with Crippen LogP contribution in [0.3, 0.4) is 0 Å². The Morgan fingerprint density at radius 1 is 1.52 bits per heavy atom. The fraction of sp³-hybridized carbons (Fsp3) is 0.667. The molecule has 2 rings (SSSR count). The van der Waals surface area contributed by atoms with Gasteiger partial charge < -0.3 is 4.74 Å². The van der Waals surface area contributed by atoms with Crippen molar-refractivity contribution < 1.29 is 17.9 Å². The van der Waals surface area contributed by atoms with Crippen LogP contribution in [0, 0.1) is 5.92 Å². The van der Waals surface area contributed by atoms with Crippen molar-refractivity contribution in [1.29, 1.82) is 0 Å². The molecule has 1 N–H and O–H groups in total. The lowest BCUT2D eigenvalue weighted by molar-refractivity contribution is -0.139. The molecule has 1 fully saturated rings. The second kappa shape index (κ2) is 6.71. The Morgan fingerprint density at radius 2 is 2.19 bits per heavy atom. The summed E-state index contributed by atoms with van der Waals surface area (Å²) in [5.74, 6) is 0.155. The first-order valence-corrected chi connectivity index (χ1v) is 9.02. The fourth-order valence-corrected chi connectivity index (χ4v) is 4.20. The number of aromatic nitrogens is 1. The van der Waals surface area contributed by atoms with Crippen molar-refractivity contribution in [2.24, 2.45) is 5.92 Å². The summed E-state index contributed by atoms with van der Waals surface area (Å²) in [6.45, 7) is 3.17. The normalized spacial score (nSPS) is 17.6. The van der Waals surface area contributed by atoms with Crippen molar-refractivity contribution in [1.82, 2.24) is 9.29 Å². The number of hydrogen-bond donors (Lipinski definition) is 1. The monoisotopic (exact) mass is 333 g/mol. The number of nitrogens with one attached hydrogen (secondary N) is 1. The maximum atomic E-state index is 12.2. The van der Waals surface area contributed by atoms with E-state index in [1.54, 1.807) is 5.38 Å². The molecule has 1 aromatic rings. The van der Waals surface area contributed by atoms with Crippen LogP contribution in [0.2, 0.25) is 0 Å². The molecule has 0 bridgehead atoms. The zero-order valence-corrected chi connectivity index (χ0v) is 13.7. The molecule has 0 aliphatic carbocycles. The Morgan fingerprint density at radius 3 is 2.81 bits per heavy atom. The van der Waals surface area contributed by atoms with E-state index in [1.807, 2.05) is 0 Å². The Hall–Kier alpha value is -1.19. The lowest BCUT2D eigenvalue weighted by atomic mass is 10.0. The highest BCUT2D eigenvalue weighted by molar-refractivity contribution is 7.90. The third kappa shape index (κ3) is 4.39. The van der Waals surface area contributed by atoms with E-state index in [9.17, 15) is 13.2 Å². The summed E-state index contributed by atoms with van der Waals surface area (Å²) in [6, 6.07) is 0. The van der Waals surface area contributed by atoms with E-state index >= 15 is 0 Å². The number of anilines is 1. The molecule has 0 spiro atoms. The Labute approximate surface area is 128 Å². The summed E-state index contributed by atoms with van der Waals surface area (Å²) >= 11 is 1.16. The zero-order chi connectivity index (χ0) is 15.5. The Bertz CT molecular complexity index is 591. The van der Waals surface area contributed by atoms with E-state index in [-0.39, 0.29) is 11.6 Å². The van der Waals surface area contributed by atoms with Crippen molar-refractivity contribution >= 4 is 32.6 Å². The molecule has 21 heavy (non-hydrogen) atoms. The summed E-state index contributed by atoms with van der Waals surface area (Å²) in [6.07, 6.45) is 1.77. The van der Waals surface area contributed by atoms with Crippen LogP contribution >= 0.6 is 11.3 Å². The number of carbonyl (C=O) groups is 1. The number of ether oxygens (including phenoxy) is 1. The van der Waals surface area contributed by atoms with Gasteiger partial charge in [-0.25, -0.2) is 9.71 Å². The molecule has 9 heteroatoms. The van der Waals surface area contributed by atoms with Crippen LogP contribution in [-0.4, -0.2) is 43.9 Å². The lowest BCUT2D eigenvalue weighted by Gasteiger charge is -2.29. The predicted molar refractivity (Wildman–Crippen MR) is 80.3 cm³/mol. The van der Waals surface area contributed by atoms with Gasteiger partial charge in [-0.3, -0.25) is 4.79 Å². The molecular formula is C12H19N3O4S2.